The van der Waals surface area contributed by atoms with Gasteiger partial charge in [0.1, 0.15) is 0 Å². The monoisotopic (exact) mass is 250 g/mol. The van der Waals surface area contributed by atoms with Crippen molar-refractivity contribution in [3.8, 4) is 0 Å². The van der Waals surface area contributed by atoms with E-state index in [1.807, 2.05) is 0 Å². The van der Waals surface area contributed by atoms with E-state index in [1.54, 1.807) is 0 Å². The molecule has 0 aromatic carbocycles. The smallest absolute Gasteiger partial charge is 0.0431 e. The predicted molar refractivity (Wildman–Crippen MR) is 67.5 cm³/mol. The summed E-state index contributed by atoms with van der Waals surface area (Å²) < 4.78 is 0. The Morgan fingerprint density at radius 2 is 2.00 bits per heavy atom. The van der Waals surface area contributed by atoms with Crippen LogP contribution in [0.1, 0.15) is 25.7 Å². The van der Waals surface area contributed by atoms with E-state index in [1.165, 1.54) is 31.2 Å². The maximum absolute atomic E-state index is 5.83. The van der Waals surface area contributed by atoms with Gasteiger partial charge in [-0.3, -0.25) is 0 Å². The average Bonchev–Trinajstić information content (AvgIpc) is 2.67. The molecule has 0 bridgehead atoms. The SMILES string of the molecule is CN(C)C1(CNCC(Cl)=CCl)CCCC1. The van der Waals surface area contributed by atoms with Gasteiger partial charge in [0.05, 0.1) is 0 Å². The number of nitrogens with zero attached hydrogens (tertiary/aromatic N) is 1. The van der Waals surface area contributed by atoms with Crippen molar-refractivity contribution in [3.63, 3.8) is 0 Å². The Labute approximate surface area is 103 Å². The molecule has 0 amide bonds. The quantitative estimate of drug-likeness (QED) is 0.808. The fourth-order valence-electron chi connectivity index (χ4n) is 2.27. The van der Waals surface area contributed by atoms with Crippen LogP contribution in [0.5, 0.6) is 0 Å². The minimum absolute atomic E-state index is 0.323. The minimum Gasteiger partial charge on any atom is -0.310 e. The second kappa shape index (κ2) is 6.09. The van der Waals surface area contributed by atoms with E-state index in [9.17, 15) is 0 Å². The Balaban J connectivity index is 2.39. The van der Waals surface area contributed by atoms with Crippen LogP contribution < -0.4 is 5.32 Å². The van der Waals surface area contributed by atoms with Crippen LogP contribution in [0, 0.1) is 0 Å². The summed E-state index contributed by atoms with van der Waals surface area (Å²) in [6.45, 7) is 1.65. The first-order chi connectivity index (χ1) is 7.10. The molecule has 1 saturated carbocycles. The Hall–Kier alpha value is 0.240. The van der Waals surface area contributed by atoms with Crippen molar-refractivity contribution in [1.82, 2.24) is 10.2 Å². The van der Waals surface area contributed by atoms with Gasteiger partial charge in [0, 0.05) is 29.2 Å². The van der Waals surface area contributed by atoms with Gasteiger partial charge >= 0.3 is 0 Å². The Kier molecular flexibility index (Phi) is 5.41. The number of hydrogen-bond donors (Lipinski definition) is 1. The molecule has 15 heavy (non-hydrogen) atoms. The molecule has 1 aliphatic rings. The molecule has 1 fully saturated rings. The second-order valence-electron chi connectivity index (χ2n) is 4.49. The van der Waals surface area contributed by atoms with Crippen LogP contribution in [0.4, 0.5) is 0 Å². The van der Waals surface area contributed by atoms with Gasteiger partial charge in [-0.1, -0.05) is 36.0 Å². The van der Waals surface area contributed by atoms with Crippen molar-refractivity contribution >= 4 is 23.2 Å². The first-order valence-corrected chi connectivity index (χ1v) is 6.25. The highest BCUT2D eigenvalue weighted by atomic mass is 35.5. The summed E-state index contributed by atoms with van der Waals surface area (Å²) in [7, 11) is 4.32. The molecule has 1 rings (SSSR count). The Bertz CT molecular complexity index is 221. The van der Waals surface area contributed by atoms with Crippen LogP contribution in [0.2, 0.25) is 0 Å². The van der Waals surface area contributed by atoms with E-state index in [0.29, 0.717) is 17.1 Å². The Morgan fingerprint density at radius 3 is 2.47 bits per heavy atom. The number of nitrogens with one attached hydrogen (secondary N) is 1. The molecule has 1 aliphatic carbocycles. The van der Waals surface area contributed by atoms with Gasteiger partial charge in [-0.2, -0.15) is 0 Å². The molecule has 4 heteroatoms. The topological polar surface area (TPSA) is 15.3 Å². The largest absolute Gasteiger partial charge is 0.310 e. The van der Waals surface area contributed by atoms with Crippen LogP contribution in [0.3, 0.4) is 0 Å². The lowest BCUT2D eigenvalue weighted by Gasteiger charge is -2.36. The highest BCUT2D eigenvalue weighted by molar-refractivity contribution is 6.36. The summed E-state index contributed by atoms with van der Waals surface area (Å²) in [6.07, 6.45) is 5.21. The van der Waals surface area contributed by atoms with E-state index >= 15 is 0 Å². The third-order valence-corrected chi connectivity index (χ3v) is 3.97. The van der Waals surface area contributed by atoms with Gasteiger partial charge in [-0.15, -0.1) is 0 Å². The van der Waals surface area contributed by atoms with Crippen molar-refractivity contribution in [3.05, 3.63) is 10.6 Å². The summed E-state index contributed by atoms with van der Waals surface area (Å²) >= 11 is 11.3. The summed E-state index contributed by atoms with van der Waals surface area (Å²) in [4.78, 5) is 2.34. The summed E-state index contributed by atoms with van der Waals surface area (Å²) in [5.74, 6) is 0. The van der Waals surface area contributed by atoms with Gasteiger partial charge in [0.15, 0.2) is 0 Å². The molecule has 0 atom stereocenters. The molecule has 0 unspecified atom stereocenters. The first-order valence-electron chi connectivity index (χ1n) is 5.44. The second-order valence-corrected chi connectivity index (χ2v) is 5.19. The molecule has 2 nitrogen and oxygen atoms in total. The maximum atomic E-state index is 5.83. The van der Waals surface area contributed by atoms with Gasteiger partial charge < -0.3 is 10.2 Å². The Morgan fingerprint density at radius 1 is 1.40 bits per heavy atom. The highest BCUT2D eigenvalue weighted by Gasteiger charge is 2.35. The van der Waals surface area contributed by atoms with E-state index in [0.717, 1.165) is 6.54 Å². The lowest BCUT2D eigenvalue weighted by molar-refractivity contribution is 0.155. The van der Waals surface area contributed by atoms with Crippen LogP contribution >= 0.6 is 23.2 Å². The normalized spacial score (nSPS) is 21.3. The molecule has 0 saturated heterocycles. The van der Waals surface area contributed by atoms with Crippen LogP contribution in [0.15, 0.2) is 10.6 Å². The standard InChI is InChI=1S/C11H20Cl2N2/c1-15(2)11(5-3-4-6-11)9-14-8-10(13)7-12/h7,14H,3-6,8-9H2,1-2H3. The molecule has 0 aliphatic heterocycles. The first kappa shape index (κ1) is 13.3. The van der Waals surface area contributed by atoms with Crippen molar-refractivity contribution in [2.24, 2.45) is 0 Å². The number of hydrogen-bond acceptors (Lipinski definition) is 2. The lowest BCUT2D eigenvalue weighted by Crippen LogP contribution is -2.49. The van der Waals surface area contributed by atoms with Crippen molar-refractivity contribution in [1.29, 1.82) is 0 Å². The van der Waals surface area contributed by atoms with Crippen molar-refractivity contribution in [2.75, 3.05) is 27.2 Å². The van der Waals surface area contributed by atoms with Crippen molar-refractivity contribution < 1.29 is 0 Å². The number of halogens is 2. The third-order valence-electron chi connectivity index (χ3n) is 3.35. The van der Waals surface area contributed by atoms with E-state index < -0.39 is 0 Å². The van der Waals surface area contributed by atoms with E-state index in [2.05, 4.69) is 24.3 Å². The zero-order valence-electron chi connectivity index (χ0n) is 9.52. The van der Waals surface area contributed by atoms with Gasteiger partial charge in [0.2, 0.25) is 0 Å². The third kappa shape index (κ3) is 3.63. The average molecular weight is 251 g/mol. The summed E-state index contributed by atoms with van der Waals surface area (Å²) in [6, 6.07) is 0. The number of likely N-dealkylation sites (N-methyl/N-ethyl adjacent to an activating group) is 1. The fourth-order valence-corrected chi connectivity index (χ4v) is 2.44. The zero-order chi connectivity index (χ0) is 11.3. The molecule has 1 N–H and O–H groups in total. The lowest BCUT2D eigenvalue weighted by atomic mass is 9.96. The highest BCUT2D eigenvalue weighted by Crippen LogP contribution is 2.33. The number of rotatable bonds is 5. The summed E-state index contributed by atoms with van der Waals surface area (Å²) in [5, 5.41) is 4.04. The van der Waals surface area contributed by atoms with Gasteiger partial charge in [0.25, 0.3) is 0 Å². The molecular weight excluding hydrogens is 231 g/mol. The molecule has 0 radical (unpaired) electrons. The molecule has 0 aromatic heterocycles. The van der Waals surface area contributed by atoms with E-state index in [4.69, 9.17) is 23.2 Å². The summed E-state index contributed by atoms with van der Waals surface area (Å²) in [5.41, 5.74) is 1.75. The predicted octanol–water partition coefficient (Wildman–Crippen LogP) is 2.77. The van der Waals surface area contributed by atoms with Crippen LogP contribution in [-0.2, 0) is 0 Å². The zero-order valence-corrected chi connectivity index (χ0v) is 11.0. The molecular formula is C11H20Cl2N2. The molecule has 0 spiro atoms. The van der Waals surface area contributed by atoms with Crippen LogP contribution in [-0.4, -0.2) is 37.6 Å². The molecule has 0 aromatic rings. The van der Waals surface area contributed by atoms with Crippen LogP contribution in [0.25, 0.3) is 0 Å². The molecule has 0 heterocycles. The fraction of sp³-hybridized carbons (Fsp3) is 0.818. The van der Waals surface area contributed by atoms with E-state index in [-0.39, 0.29) is 0 Å². The minimum atomic E-state index is 0.323. The molecule has 88 valence electrons. The van der Waals surface area contributed by atoms with Gasteiger partial charge in [-0.25, -0.2) is 0 Å². The maximum Gasteiger partial charge on any atom is 0.0431 e. The van der Waals surface area contributed by atoms with Gasteiger partial charge in [-0.05, 0) is 26.9 Å². The van der Waals surface area contributed by atoms with Crippen molar-refractivity contribution in [2.45, 2.75) is 31.2 Å².